The van der Waals surface area contributed by atoms with Crippen LogP contribution < -0.4 is 10.6 Å². The van der Waals surface area contributed by atoms with Crippen molar-refractivity contribution in [2.24, 2.45) is 0 Å². The van der Waals surface area contributed by atoms with Crippen LogP contribution in [0.2, 0.25) is 0 Å². The maximum atomic E-state index is 12.4. The van der Waals surface area contributed by atoms with Crippen molar-refractivity contribution in [3.8, 4) is 0 Å². The number of nitrogens with zero attached hydrogens (tertiary/aromatic N) is 2. The second kappa shape index (κ2) is 5.69. The Morgan fingerprint density at radius 3 is 2.86 bits per heavy atom. The Labute approximate surface area is 124 Å². The number of hydrogen-bond acceptors (Lipinski definition) is 3. The van der Waals surface area contributed by atoms with Gasteiger partial charge in [0.05, 0.1) is 12.2 Å². The highest BCUT2D eigenvalue weighted by Gasteiger charge is 2.24. The van der Waals surface area contributed by atoms with Gasteiger partial charge in [0.1, 0.15) is 5.82 Å². The number of anilines is 1. The zero-order valence-electron chi connectivity index (χ0n) is 12.3. The zero-order chi connectivity index (χ0) is 14.8. The molecule has 1 aromatic heterocycles. The molecule has 1 aliphatic rings. The van der Waals surface area contributed by atoms with Crippen LogP contribution in [0.5, 0.6) is 0 Å². The summed E-state index contributed by atoms with van der Waals surface area (Å²) in [6.45, 7) is 4.81. The first kappa shape index (κ1) is 13.8. The van der Waals surface area contributed by atoms with Gasteiger partial charge in [-0.15, -0.1) is 0 Å². The summed E-state index contributed by atoms with van der Waals surface area (Å²) in [5, 5.41) is 10.5. The van der Waals surface area contributed by atoms with Crippen molar-refractivity contribution in [3.05, 3.63) is 47.7 Å². The maximum Gasteiger partial charge on any atom is 0.243 e. The predicted octanol–water partition coefficient (Wildman–Crippen LogP) is 2.12. The van der Waals surface area contributed by atoms with Crippen LogP contribution >= 0.6 is 0 Å². The van der Waals surface area contributed by atoms with Gasteiger partial charge in [0.2, 0.25) is 5.91 Å². The zero-order valence-corrected chi connectivity index (χ0v) is 12.3. The van der Waals surface area contributed by atoms with Crippen LogP contribution in [0.25, 0.3) is 0 Å². The van der Waals surface area contributed by atoms with Gasteiger partial charge in [-0.2, -0.15) is 5.10 Å². The molecule has 2 heterocycles. The number of benzene rings is 1. The molecule has 0 saturated heterocycles. The van der Waals surface area contributed by atoms with E-state index >= 15 is 0 Å². The van der Waals surface area contributed by atoms with Gasteiger partial charge in [-0.05, 0) is 31.4 Å². The van der Waals surface area contributed by atoms with Gasteiger partial charge in [-0.3, -0.25) is 4.79 Å². The van der Waals surface area contributed by atoms with Crippen molar-refractivity contribution >= 4 is 11.7 Å². The van der Waals surface area contributed by atoms with E-state index in [4.69, 9.17) is 0 Å². The van der Waals surface area contributed by atoms with Crippen LogP contribution in [-0.2, 0) is 17.8 Å². The van der Waals surface area contributed by atoms with Gasteiger partial charge < -0.3 is 10.6 Å². The molecule has 1 atom stereocenters. The minimum absolute atomic E-state index is 0.00750. The third-order valence-corrected chi connectivity index (χ3v) is 3.81. The Hall–Kier alpha value is -2.14. The molecular weight excluding hydrogens is 264 g/mol. The molecular formula is C16H20N4O. The fourth-order valence-corrected chi connectivity index (χ4v) is 2.68. The first-order valence-electron chi connectivity index (χ1n) is 7.29. The largest absolute Gasteiger partial charge is 0.310 e. The first-order valence-corrected chi connectivity index (χ1v) is 7.29. The molecule has 21 heavy (non-hydrogen) atoms. The lowest BCUT2D eigenvalue weighted by molar-refractivity contribution is -0.118. The van der Waals surface area contributed by atoms with Crippen molar-refractivity contribution < 1.29 is 4.79 Å². The Morgan fingerprint density at radius 1 is 1.33 bits per heavy atom. The second-order valence-corrected chi connectivity index (χ2v) is 5.65. The molecule has 1 unspecified atom stereocenters. The quantitative estimate of drug-likeness (QED) is 0.907. The van der Waals surface area contributed by atoms with E-state index in [1.54, 1.807) is 6.20 Å². The average Bonchev–Trinajstić information content (AvgIpc) is 2.95. The third kappa shape index (κ3) is 2.83. The third-order valence-electron chi connectivity index (χ3n) is 3.81. The smallest absolute Gasteiger partial charge is 0.243 e. The molecule has 2 aromatic rings. The van der Waals surface area contributed by atoms with Gasteiger partial charge in [-0.25, -0.2) is 4.68 Å². The van der Waals surface area contributed by atoms with Crippen LogP contribution in [0.15, 0.2) is 36.5 Å². The summed E-state index contributed by atoms with van der Waals surface area (Å²) in [4.78, 5) is 12.4. The number of rotatable bonds is 3. The van der Waals surface area contributed by atoms with Gasteiger partial charge in [-0.1, -0.05) is 24.3 Å². The molecule has 0 saturated carbocycles. The van der Waals surface area contributed by atoms with E-state index in [1.807, 2.05) is 36.7 Å². The lowest BCUT2D eigenvalue weighted by Crippen LogP contribution is -2.45. The van der Waals surface area contributed by atoms with E-state index in [9.17, 15) is 4.79 Å². The second-order valence-electron chi connectivity index (χ2n) is 5.65. The first-order chi connectivity index (χ1) is 10.1. The van der Waals surface area contributed by atoms with Crippen molar-refractivity contribution in [3.63, 3.8) is 0 Å². The SMILES string of the molecule is CC(C)n1nccc1NC(=O)C1Cc2ccccc2CN1. The van der Waals surface area contributed by atoms with E-state index in [2.05, 4.69) is 27.9 Å². The number of fused-ring (bicyclic) bond motifs is 1. The van der Waals surface area contributed by atoms with Crippen LogP contribution in [0.3, 0.4) is 0 Å². The highest BCUT2D eigenvalue weighted by molar-refractivity contribution is 5.94. The van der Waals surface area contributed by atoms with E-state index in [-0.39, 0.29) is 18.0 Å². The molecule has 1 amide bonds. The molecule has 0 spiro atoms. The summed E-state index contributed by atoms with van der Waals surface area (Å²) >= 11 is 0. The van der Waals surface area contributed by atoms with Crippen LogP contribution in [0, 0.1) is 0 Å². The molecule has 5 nitrogen and oxygen atoms in total. The number of carbonyl (C=O) groups excluding carboxylic acids is 1. The predicted molar refractivity (Wildman–Crippen MR) is 82.0 cm³/mol. The molecule has 1 aliphatic heterocycles. The highest BCUT2D eigenvalue weighted by atomic mass is 16.2. The molecule has 3 rings (SSSR count). The number of carbonyl (C=O) groups is 1. The molecule has 110 valence electrons. The van der Waals surface area contributed by atoms with E-state index in [0.29, 0.717) is 0 Å². The molecule has 0 aliphatic carbocycles. The van der Waals surface area contributed by atoms with Gasteiger partial charge in [0, 0.05) is 18.7 Å². The van der Waals surface area contributed by atoms with Crippen molar-refractivity contribution in [2.75, 3.05) is 5.32 Å². The lowest BCUT2D eigenvalue weighted by atomic mass is 9.95. The Kier molecular flexibility index (Phi) is 3.75. The number of nitrogens with one attached hydrogen (secondary N) is 2. The summed E-state index contributed by atoms with van der Waals surface area (Å²) in [7, 11) is 0. The average molecular weight is 284 g/mol. The molecule has 0 bridgehead atoms. The number of hydrogen-bond donors (Lipinski definition) is 2. The molecule has 0 radical (unpaired) electrons. The van der Waals surface area contributed by atoms with Crippen molar-refractivity contribution in [2.45, 2.75) is 38.9 Å². The van der Waals surface area contributed by atoms with Gasteiger partial charge >= 0.3 is 0 Å². The number of aromatic nitrogens is 2. The van der Waals surface area contributed by atoms with Crippen molar-refractivity contribution in [1.29, 1.82) is 0 Å². The van der Waals surface area contributed by atoms with Gasteiger partial charge in [0.15, 0.2) is 0 Å². The summed E-state index contributed by atoms with van der Waals surface area (Å²) in [5.41, 5.74) is 2.52. The fraction of sp³-hybridized carbons (Fsp3) is 0.375. The van der Waals surface area contributed by atoms with Crippen LogP contribution in [-0.4, -0.2) is 21.7 Å². The Morgan fingerprint density at radius 2 is 2.10 bits per heavy atom. The highest BCUT2D eigenvalue weighted by Crippen LogP contribution is 2.18. The van der Waals surface area contributed by atoms with Crippen molar-refractivity contribution in [1.82, 2.24) is 15.1 Å². The minimum atomic E-state index is -0.199. The summed E-state index contributed by atoms with van der Waals surface area (Å²) in [6.07, 6.45) is 2.43. The fourth-order valence-electron chi connectivity index (χ4n) is 2.68. The maximum absolute atomic E-state index is 12.4. The lowest BCUT2D eigenvalue weighted by Gasteiger charge is -2.25. The van der Waals surface area contributed by atoms with E-state index in [0.717, 1.165) is 18.8 Å². The summed E-state index contributed by atoms with van der Waals surface area (Å²) < 4.78 is 1.81. The minimum Gasteiger partial charge on any atom is -0.310 e. The van der Waals surface area contributed by atoms with Crippen LogP contribution in [0.1, 0.15) is 31.0 Å². The normalized spacial score (nSPS) is 17.6. The molecule has 0 fully saturated rings. The Balaban J connectivity index is 1.71. The molecule has 1 aromatic carbocycles. The summed E-state index contributed by atoms with van der Waals surface area (Å²) in [5.74, 6) is 0.738. The van der Waals surface area contributed by atoms with Crippen LogP contribution in [0.4, 0.5) is 5.82 Å². The molecule has 5 heteroatoms. The standard InChI is InChI=1S/C16H20N4O/c1-11(2)20-15(7-8-18-20)19-16(21)14-9-12-5-3-4-6-13(12)10-17-14/h3-8,11,14,17H,9-10H2,1-2H3,(H,19,21). The Bertz CT molecular complexity index is 647. The van der Waals surface area contributed by atoms with Gasteiger partial charge in [0.25, 0.3) is 0 Å². The monoisotopic (exact) mass is 284 g/mol. The number of amides is 1. The van der Waals surface area contributed by atoms with E-state index < -0.39 is 0 Å². The topological polar surface area (TPSA) is 59.0 Å². The summed E-state index contributed by atoms with van der Waals surface area (Å²) in [6, 6.07) is 10.1. The van der Waals surface area contributed by atoms with E-state index in [1.165, 1.54) is 11.1 Å². The molecule has 2 N–H and O–H groups in total.